The molecule has 0 aliphatic carbocycles. The van der Waals surface area contributed by atoms with Crippen LogP contribution < -0.4 is 5.32 Å². The van der Waals surface area contributed by atoms with E-state index in [0.717, 1.165) is 27.8 Å². The summed E-state index contributed by atoms with van der Waals surface area (Å²) in [6, 6.07) is 16.8. The van der Waals surface area contributed by atoms with Crippen LogP contribution in [0.5, 0.6) is 0 Å². The fourth-order valence-corrected chi connectivity index (χ4v) is 2.22. The predicted octanol–water partition coefficient (Wildman–Crippen LogP) is 4.29. The van der Waals surface area contributed by atoms with Crippen LogP contribution >= 0.6 is 0 Å². The number of aryl methyl sites for hydroxylation is 1. The van der Waals surface area contributed by atoms with Crippen molar-refractivity contribution in [3.05, 3.63) is 71.7 Å². The van der Waals surface area contributed by atoms with Gasteiger partial charge in [-0.25, -0.2) is 4.39 Å². The number of pyridine rings is 1. The zero-order valence-electron chi connectivity index (χ0n) is 11.2. The maximum atomic E-state index is 13.0. The second-order valence-electron chi connectivity index (χ2n) is 4.81. The molecule has 1 aromatic heterocycles. The maximum absolute atomic E-state index is 13.0. The number of halogens is 1. The van der Waals surface area contributed by atoms with E-state index in [2.05, 4.69) is 16.4 Å². The number of aromatic nitrogens is 1. The lowest BCUT2D eigenvalue weighted by Gasteiger charge is -2.09. The first kappa shape index (κ1) is 12.6. The Morgan fingerprint density at radius 2 is 1.90 bits per heavy atom. The standard InChI is InChI=1S/C17H15FN2/c1-12-10-14(18)7-9-16(12)19-11-15-8-6-13-4-2-3-5-17(13)20-15/h2-10,19H,11H2,1H3. The Balaban J connectivity index is 1.79. The van der Waals surface area contributed by atoms with Crippen LogP contribution in [-0.4, -0.2) is 4.98 Å². The van der Waals surface area contributed by atoms with Gasteiger partial charge in [0.2, 0.25) is 0 Å². The molecule has 0 aliphatic heterocycles. The summed E-state index contributed by atoms with van der Waals surface area (Å²) in [6.07, 6.45) is 0. The van der Waals surface area contributed by atoms with E-state index in [1.807, 2.05) is 37.3 Å². The van der Waals surface area contributed by atoms with Gasteiger partial charge in [-0.2, -0.15) is 0 Å². The highest BCUT2D eigenvalue weighted by Crippen LogP contribution is 2.17. The lowest BCUT2D eigenvalue weighted by molar-refractivity contribution is 0.627. The lowest BCUT2D eigenvalue weighted by Crippen LogP contribution is -2.03. The highest BCUT2D eigenvalue weighted by Gasteiger charge is 2.01. The summed E-state index contributed by atoms with van der Waals surface area (Å²) >= 11 is 0. The van der Waals surface area contributed by atoms with Crippen LogP contribution in [0, 0.1) is 12.7 Å². The van der Waals surface area contributed by atoms with Crippen LogP contribution in [0.2, 0.25) is 0 Å². The molecule has 0 bridgehead atoms. The molecule has 0 spiro atoms. The molecule has 1 N–H and O–H groups in total. The maximum Gasteiger partial charge on any atom is 0.123 e. The topological polar surface area (TPSA) is 24.9 Å². The summed E-state index contributed by atoms with van der Waals surface area (Å²) in [5, 5.41) is 4.43. The molecule has 0 amide bonds. The molecule has 100 valence electrons. The fourth-order valence-electron chi connectivity index (χ4n) is 2.22. The molecule has 1 heterocycles. The van der Waals surface area contributed by atoms with E-state index in [-0.39, 0.29) is 5.82 Å². The Kier molecular flexibility index (Phi) is 3.33. The largest absolute Gasteiger partial charge is 0.379 e. The second kappa shape index (κ2) is 5.29. The minimum absolute atomic E-state index is 0.211. The van der Waals surface area contributed by atoms with Crippen LogP contribution in [0.15, 0.2) is 54.6 Å². The average Bonchev–Trinajstić information content (AvgIpc) is 2.46. The van der Waals surface area contributed by atoms with Gasteiger partial charge in [0, 0.05) is 11.1 Å². The highest BCUT2D eigenvalue weighted by atomic mass is 19.1. The van der Waals surface area contributed by atoms with Gasteiger partial charge in [0.05, 0.1) is 17.8 Å². The van der Waals surface area contributed by atoms with Crippen molar-refractivity contribution in [3.63, 3.8) is 0 Å². The van der Waals surface area contributed by atoms with Gasteiger partial charge < -0.3 is 5.32 Å². The highest BCUT2D eigenvalue weighted by molar-refractivity contribution is 5.78. The molecule has 0 atom stereocenters. The van der Waals surface area contributed by atoms with Gasteiger partial charge in [-0.15, -0.1) is 0 Å². The molecular weight excluding hydrogens is 251 g/mol. The van der Waals surface area contributed by atoms with E-state index in [4.69, 9.17) is 0 Å². The molecule has 0 saturated carbocycles. The quantitative estimate of drug-likeness (QED) is 0.764. The van der Waals surface area contributed by atoms with Gasteiger partial charge in [0.1, 0.15) is 5.82 Å². The van der Waals surface area contributed by atoms with Crippen LogP contribution in [-0.2, 0) is 6.54 Å². The number of benzene rings is 2. The van der Waals surface area contributed by atoms with Crippen molar-refractivity contribution in [2.75, 3.05) is 5.32 Å². The van der Waals surface area contributed by atoms with Gasteiger partial charge in [0.15, 0.2) is 0 Å². The predicted molar refractivity (Wildman–Crippen MR) is 80.2 cm³/mol. The average molecular weight is 266 g/mol. The smallest absolute Gasteiger partial charge is 0.123 e. The van der Waals surface area contributed by atoms with Crippen molar-refractivity contribution >= 4 is 16.6 Å². The van der Waals surface area contributed by atoms with E-state index in [0.29, 0.717) is 6.54 Å². The van der Waals surface area contributed by atoms with Crippen LogP contribution in [0.3, 0.4) is 0 Å². The first-order chi connectivity index (χ1) is 9.72. The Bertz CT molecular complexity index is 753. The number of anilines is 1. The third kappa shape index (κ3) is 2.62. The Labute approximate surface area is 117 Å². The van der Waals surface area contributed by atoms with E-state index in [9.17, 15) is 4.39 Å². The number of hydrogen-bond donors (Lipinski definition) is 1. The summed E-state index contributed by atoms with van der Waals surface area (Å²) in [7, 11) is 0. The van der Waals surface area contributed by atoms with Crippen LogP contribution in [0.4, 0.5) is 10.1 Å². The van der Waals surface area contributed by atoms with Gasteiger partial charge in [0.25, 0.3) is 0 Å². The van der Waals surface area contributed by atoms with E-state index in [1.165, 1.54) is 12.1 Å². The number of fused-ring (bicyclic) bond motifs is 1. The summed E-state index contributed by atoms with van der Waals surface area (Å²) < 4.78 is 13.0. The van der Waals surface area contributed by atoms with Gasteiger partial charge in [-0.3, -0.25) is 4.98 Å². The van der Waals surface area contributed by atoms with E-state index < -0.39 is 0 Å². The zero-order chi connectivity index (χ0) is 13.9. The van der Waals surface area contributed by atoms with Crippen molar-refractivity contribution in [1.29, 1.82) is 0 Å². The molecule has 3 heteroatoms. The molecule has 0 unspecified atom stereocenters. The van der Waals surface area contributed by atoms with Crippen molar-refractivity contribution in [1.82, 2.24) is 4.98 Å². The number of rotatable bonds is 3. The number of hydrogen-bond acceptors (Lipinski definition) is 2. The molecule has 0 fully saturated rings. The summed E-state index contributed by atoms with van der Waals surface area (Å²) in [5.74, 6) is -0.211. The number of para-hydroxylation sites is 1. The summed E-state index contributed by atoms with van der Waals surface area (Å²) in [4.78, 5) is 4.60. The monoisotopic (exact) mass is 266 g/mol. The molecule has 2 aromatic carbocycles. The Morgan fingerprint density at radius 3 is 2.75 bits per heavy atom. The van der Waals surface area contributed by atoms with Crippen molar-refractivity contribution < 1.29 is 4.39 Å². The minimum atomic E-state index is -0.211. The van der Waals surface area contributed by atoms with Gasteiger partial charge in [-0.05, 0) is 42.8 Å². The van der Waals surface area contributed by atoms with E-state index >= 15 is 0 Å². The molecule has 0 radical (unpaired) electrons. The molecule has 3 rings (SSSR count). The van der Waals surface area contributed by atoms with E-state index in [1.54, 1.807) is 6.07 Å². The molecule has 3 aromatic rings. The Hall–Kier alpha value is -2.42. The fraction of sp³-hybridized carbons (Fsp3) is 0.118. The zero-order valence-corrected chi connectivity index (χ0v) is 11.2. The van der Waals surface area contributed by atoms with Crippen molar-refractivity contribution in [3.8, 4) is 0 Å². The molecule has 20 heavy (non-hydrogen) atoms. The normalized spacial score (nSPS) is 10.7. The first-order valence-corrected chi connectivity index (χ1v) is 6.57. The van der Waals surface area contributed by atoms with Crippen LogP contribution in [0.25, 0.3) is 10.9 Å². The van der Waals surface area contributed by atoms with Crippen molar-refractivity contribution in [2.45, 2.75) is 13.5 Å². The molecule has 0 saturated heterocycles. The second-order valence-corrected chi connectivity index (χ2v) is 4.81. The van der Waals surface area contributed by atoms with Crippen LogP contribution in [0.1, 0.15) is 11.3 Å². The lowest BCUT2D eigenvalue weighted by atomic mass is 10.2. The first-order valence-electron chi connectivity index (χ1n) is 6.57. The molecule has 2 nitrogen and oxygen atoms in total. The van der Waals surface area contributed by atoms with Gasteiger partial charge >= 0.3 is 0 Å². The number of nitrogens with one attached hydrogen (secondary N) is 1. The molecular formula is C17H15FN2. The van der Waals surface area contributed by atoms with Crippen molar-refractivity contribution in [2.24, 2.45) is 0 Å². The third-order valence-corrected chi connectivity index (χ3v) is 3.30. The minimum Gasteiger partial charge on any atom is -0.379 e. The number of nitrogens with zero attached hydrogens (tertiary/aromatic N) is 1. The van der Waals surface area contributed by atoms with Gasteiger partial charge in [-0.1, -0.05) is 24.3 Å². The summed E-state index contributed by atoms with van der Waals surface area (Å²) in [5.41, 5.74) is 3.78. The SMILES string of the molecule is Cc1cc(F)ccc1NCc1ccc2ccccc2n1. The summed E-state index contributed by atoms with van der Waals surface area (Å²) in [6.45, 7) is 2.51. The third-order valence-electron chi connectivity index (χ3n) is 3.30. The molecule has 0 aliphatic rings. The Morgan fingerprint density at radius 1 is 1.05 bits per heavy atom.